The number of hydrogen-bond acceptors (Lipinski definition) is 2. The van der Waals surface area contributed by atoms with Gasteiger partial charge in [-0.1, -0.05) is 0 Å². The Balaban J connectivity index is 3.59. The first-order valence-corrected chi connectivity index (χ1v) is 5.00. The Kier molecular flexibility index (Phi) is 4.18. The van der Waals surface area contributed by atoms with Gasteiger partial charge in [0.25, 0.3) is 0 Å². The van der Waals surface area contributed by atoms with Gasteiger partial charge in [0.2, 0.25) is 0 Å². The van der Waals surface area contributed by atoms with Crippen molar-refractivity contribution in [3.05, 3.63) is 0 Å². The summed E-state index contributed by atoms with van der Waals surface area (Å²) in [5.41, 5.74) is -9.93. The van der Waals surface area contributed by atoms with Crippen LogP contribution in [0.3, 0.4) is 0 Å². The van der Waals surface area contributed by atoms with E-state index >= 15 is 0 Å². The summed E-state index contributed by atoms with van der Waals surface area (Å²) in [5, 5.41) is 0. The van der Waals surface area contributed by atoms with Crippen molar-refractivity contribution in [2.24, 2.45) is 4.99 Å². The lowest BCUT2D eigenvalue weighted by Gasteiger charge is -2.35. The zero-order valence-electron chi connectivity index (χ0n) is 9.98. The van der Waals surface area contributed by atoms with E-state index in [-0.39, 0.29) is 0 Å². The Labute approximate surface area is 116 Å². The Morgan fingerprint density at radius 2 is 1.26 bits per heavy atom. The predicted octanol–water partition coefficient (Wildman–Crippen LogP) is 4.11. The first kappa shape index (κ1) is 19.8. The van der Waals surface area contributed by atoms with Gasteiger partial charge in [0, 0.05) is 0 Å². The first-order valence-electron chi connectivity index (χ1n) is 5.00. The molecule has 1 unspecified atom stereocenters. The van der Waals surface area contributed by atoms with Crippen molar-refractivity contribution in [2.45, 2.75) is 36.1 Å². The second-order valence-electron chi connectivity index (χ2n) is 4.15. The van der Waals surface area contributed by atoms with Gasteiger partial charge in [-0.3, -0.25) is 0 Å². The molecule has 0 aromatic heterocycles. The van der Waals surface area contributed by atoms with Gasteiger partial charge in [0.1, 0.15) is 6.61 Å². The quantitative estimate of drug-likeness (QED) is 0.666. The topological polar surface area (TPSA) is 21.6 Å². The highest BCUT2D eigenvalue weighted by molar-refractivity contribution is 5.99. The molecule has 0 aromatic carbocycles. The van der Waals surface area contributed by atoms with Gasteiger partial charge in [0.05, 0.1) is 0 Å². The van der Waals surface area contributed by atoms with Gasteiger partial charge in [-0.2, -0.15) is 57.1 Å². The van der Waals surface area contributed by atoms with E-state index in [1.54, 1.807) is 0 Å². The molecule has 0 N–H and O–H groups in total. The molecule has 0 fully saturated rings. The lowest BCUT2D eigenvalue weighted by Crippen LogP contribution is -2.64. The zero-order chi connectivity index (χ0) is 18.7. The van der Waals surface area contributed by atoms with Crippen LogP contribution < -0.4 is 0 Å². The number of halogens is 13. The van der Waals surface area contributed by atoms with E-state index in [0.29, 0.717) is 0 Å². The first-order chi connectivity index (χ1) is 9.80. The fourth-order valence-corrected chi connectivity index (χ4v) is 1.53. The third-order valence-corrected chi connectivity index (χ3v) is 2.48. The fourth-order valence-electron chi connectivity index (χ4n) is 1.53. The van der Waals surface area contributed by atoms with E-state index in [1.165, 1.54) is 0 Å². The van der Waals surface area contributed by atoms with Crippen molar-refractivity contribution in [1.82, 2.24) is 0 Å². The van der Waals surface area contributed by atoms with Crippen LogP contribution in [0.5, 0.6) is 0 Å². The molecule has 1 rings (SSSR count). The summed E-state index contributed by atoms with van der Waals surface area (Å²) in [6.07, 6.45) is -19.0. The maximum absolute atomic E-state index is 13.3. The second-order valence-corrected chi connectivity index (χ2v) is 4.15. The van der Waals surface area contributed by atoms with Crippen LogP contribution in [0.2, 0.25) is 0 Å². The van der Waals surface area contributed by atoms with Gasteiger partial charge in [-0.25, -0.2) is 4.99 Å². The minimum absolute atomic E-state index is 1.12. The number of ether oxygens (including phenoxy) is 1. The largest absolute Gasteiger partial charge is 0.445 e. The molecule has 0 radical (unpaired) electrons. The van der Waals surface area contributed by atoms with Crippen LogP contribution in [0.25, 0.3) is 0 Å². The molecule has 136 valence electrons. The molecule has 0 aliphatic carbocycles. The number of aliphatic imine (C=N–C) groups is 1. The van der Waals surface area contributed by atoms with Crippen molar-refractivity contribution in [3.63, 3.8) is 0 Å². The number of rotatable bonds is 2. The maximum atomic E-state index is 13.3. The molecule has 0 bridgehead atoms. The Morgan fingerprint density at radius 1 is 0.826 bits per heavy atom. The predicted molar refractivity (Wildman–Crippen MR) is 44.2 cm³/mol. The van der Waals surface area contributed by atoms with E-state index in [4.69, 9.17) is 0 Å². The lowest BCUT2D eigenvalue weighted by atomic mass is 10.0. The third-order valence-electron chi connectivity index (χ3n) is 2.48. The van der Waals surface area contributed by atoms with Gasteiger partial charge >= 0.3 is 36.1 Å². The van der Waals surface area contributed by atoms with E-state index in [9.17, 15) is 57.1 Å². The average molecular weight is 375 g/mol. The normalized spacial score (nSPS) is 28.0. The highest BCUT2D eigenvalue weighted by Gasteiger charge is 2.88. The molecule has 2 nitrogen and oxygen atoms in total. The smallest absolute Gasteiger partial charge is 0.332 e. The number of hydrogen-bond donors (Lipinski definition) is 0. The molecule has 0 saturated heterocycles. The van der Waals surface area contributed by atoms with Crippen LogP contribution in [-0.4, -0.2) is 48.4 Å². The Morgan fingerprint density at radius 3 is 1.52 bits per heavy atom. The van der Waals surface area contributed by atoms with E-state index in [2.05, 4.69) is 4.74 Å². The monoisotopic (exact) mass is 375 g/mol. The molecule has 0 saturated carbocycles. The molecule has 23 heavy (non-hydrogen) atoms. The lowest BCUT2D eigenvalue weighted by molar-refractivity contribution is -0.377. The van der Waals surface area contributed by atoms with Crippen molar-refractivity contribution < 1.29 is 61.8 Å². The highest BCUT2D eigenvalue weighted by Crippen LogP contribution is 2.59. The third kappa shape index (κ3) is 2.94. The molecular formula is C8H2F13NO. The molecular weight excluding hydrogens is 373 g/mol. The summed E-state index contributed by atoms with van der Waals surface area (Å²) in [7, 11) is 0. The van der Waals surface area contributed by atoms with Crippen LogP contribution in [0.15, 0.2) is 4.99 Å². The van der Waals surface area contributed by atoms with Gasteiger partial charge in [0.15, 0.2) is 5.71 Å². The van der Waals surface area contributed by atoms with Crippen molar-refractivity contribution in [3.8, 4) is 0 Å². The van der Waals surface area contributed by atoms with E-state index < -0.39 is 48.4 Å². The summed E-state index contributed by atoms with van der Waals surface area (Å²) < 4.78 is 166. The number of alkyl halides is 13. The summed E-state index contributed by atoms with van der Waals surface area (Å²) in [6.45, 7) is -3.19. The van der Waals surface area contributed by atoms with Gasteiger partial charge < -0.3 is 4.74 Å². The summed E-state index contributed by atoms with van der Waals surface area (Å²) >= 11 is 0. The highest BCUT2D eigenvalue weighted by atomic mass is 19.4. The zero-order valence-corrected chi connectivity index (χ0v) is 9.98. The molecule has 1 atom stereocenters. The van der Waals surface area contributed by atoms with Crippen LogP contribution in [0.1, 0.15) is 0 Å². The standard InChI is InChI=1S/C8H2F13NO/c9-3(10,11)1-23-7(8(19,20)21)6(17,18)4(12,13)2(22-7)5(14,15)16/h1H2. The maximum Gasteiger partial charge on any atom is 0.445 e. The molecule has 1 aliphatic heterocycles. The van der Waals surface area contributed by atoms with Crippen LogP contribution in [-0.2, 0) is 4.74 Å². The van der Waals surface area contributed by atoms with Gasteiger partial charge in [-0.05, 0) is 0 Å². The van der Waals surface area contributed by atoms with Gasteiger partial charge in [-0.15, -0.1) is 0 Å². The van der Waals surface area contributed by atoms with Crippen LogP contribution >= 0.6 is 0 Å². The summed E-state index contributed by atoms with van der Waals surface area (Å²) in [4.78, 5) is 1.12. The van der Waals surface area contributed by atoms with Crippen LogP contribution in [0, 0.1) is 0 Å². The molecule has 1 heterocycles. The van der Waals surface area contributed by atoms with E-state index in [1.807, 2.05) is 0 Å². The van der Waals surface area contributed by atoms with Crippen molar-refractivity contribution >= 4 is 5.71 Å². The van der Waals surface area contributed by atoms with Crippen molar-refractivity contribution in [1.29, 1.82) is 0 Å². The second kappa shape index (κ2) is 4.86. The summed E-state index contributed by atoms with van der Waals surface area (Å²) in [5.74, 6) is -13.3. The average Bonchev–Trinajstić information content (AvgIpc) is 2.39. The molecule has 0 amide bonds. The minimum atomic E-state index is -6.81. The molecule has 1 aliphatic rings. The number of nitrogens with zero attached hydrogens (tertiary/aromatic N) is 1. The summed E-state index contributed by atoms with van der Waals surface area (Å²) in [6, 6.07) is 0. The molecule has 0 spiro atoms. The Bertz CT molecular complexity index is 498. The minimum Gasteiger partial charge on any atom is -0.332 e. The molecule has 0 aromatic rings. The van der Waals surface area contributed by atoms with Crippen molar-refractivity contribution in [2.75, 3.05) is 6.61 Å². The SMILES string of the molecule is FC(F)(F)COC1(C(F)(F)F)N=C(C(F)(F)F)C(F)(F)C1(F)F. The Hall–Kier alpha value is -1.28. The molecule has 15 heteroatoms. The van der Waals surface area contributed by atoms with Crippen LogP contribution in [0.4, 0.5) is 57.1 Å². The fraction of sp³-hybridized carbons (Fsp3) is 0.875. The van der Waals surface area contributed by atoms with E-state index in [0.717, 1.165) is 4.99 Å².